The van der Waals surface area contributed by atoms with Crippen LogP contribution in [0.1, 0.15) is 45.4 Å². The van der Waals surface area contributed by atoms with Gasteiger partial charge in [-0.1, -0.05) is 19.8 Å². The van der Waals surface area contributed by atoms with Gasteiger partial charge in [0.15, 0.2) is 0 Å². The Labute approximate surface area is 136 Å². The maximum Gasteiger partial charge on any atom is 0.325 e. The number of urea groups is 1. The first-order valence-corrected chi connectivity index (χ1v) is 8.66. The second-order valence-corrected chi connectivity index (χ2v) is 7.07. The summed E-state index contributed by atoms with van der Waals surface area (Å²) < 4.78 is 0. The first kappa shape index (κ1) is 16.2. The molecule has 7 nitrogen and oxygen atoms in total. The fourth-order valence-corrected chi connectivity index (χ4v) is 3.87. The number of nitrogens with one attached hydrogen (secondary N) is 3. The normalized spacial score (nSPS) is 29.9. The predicted molar refractivity (Wildman–Crippen MR) is 84.6 cm³/mol. The van der Waals surface area contributed by atoms with E-state index in [1.54, 1.807) is 0 Å². The second kappa shape index (κ2) is 6.47. The standard InChI is InChI=1S/C16H26N4O3/c1-11-4-8-17-10-12(11)18-13(21)5-9-20-14(22)16(19-15(20)23)6-2-3-7-16/h11-12,17H,2-10H2,1H3,(H,18,21)(H,19,23). The molecule has 3 rings (SSSR count). The molecule has 0 radical (unpaired) electrons. The van der Waals surface area contributed by atoms with Crippen molar-refractivity contribution in [3.8, 4) is 0 Å². The van der Waals surface area contributed by atoms with Gasteiger partial charge < -0.3 is 16.0 Å². The zero-order chi connectivity index (χ0) is 16.4. The quantitative estimate of drug-likeness (QED) is 0.652. The molecule has 0 aromatic carbocycles. The number of nitrogens with zero attached hydrogens (tertiary/aromatic N) is 1. The molecule has 23 heavy (non-hydrogen) atoms. The second-order valence-electron chi connectivity index (χ2n) is 7.07. The third-order valence-corrected chi connectivity index (χ3v) is 5.44. The van der Waals surface area contributed by atoms with E-state index in [-0.39, 0.29) is 36.9 Å². The molecule has 1 saturated carbocycles. The SMILES string of the molecule is CC1CCNCC1NC(=O)CCN1C(=O)NC2(CCCC2)C1=O. The van der Waals surface area contributed by atoms with Crippen molar-refractivity contribution in [2.45, 2.75) is 57.0 Å². The van der Waals surface area contributed by atoms with Gasteiger partial charge in [0.25, 0.3) is 5.91 Å². The highest BCUT2D eigenvalue weighted by atomic mass is 16.2. The van der Waals surface area contributed by atoms with Crippen LogP contribution in [-0.2, 0) is 9.59 Å². The zero-order valence-corrected chi connectivity index (χ0v) is 13.7. The Hall–Kier alpha value is -1.63. The first-order chi connectivity index (χ1) is 11.0. The molecular formula is C16H26N4O3. The van der Waals surface area contributed by atoms with Crippen LogP contribution in [0, 0.1) is 5.92 Å². The van der Waals surface area contributed by atoms with Crippen molar-refractivity contribution in [3.05, 3.63) is 0 Å². The van der Waals surface area contributed by atoms with Crippen molar-refractivity contribution < 1.29 is 14.4 Å². The van der Waals surface area contributed by atoms with Crippen LogP contribution in [0.3, 0.4) is 0 Å². The van der Waals surface area contributed by atoms with Crippen LogP contribution < -0.4 is 16.0 Å². The van der Waals surface area contributed by atoms with Gasteiger partial charge in [0, 0.05) is 25.6 Å². The molecule has 0 bridgehead atoms. The van der Waals surface area contributed by atoms with Crippen LogP contribution in [0.5, 0.6) is 0 Å². The lowest BCUT2D eigenvalue weighted by atomic mass is 9.95. The average molecular weight is 322 g/mol. The summed E-state index contributed by atoms with van der Waals surface area (Å²) in [4.78, 5) is 37.9. The van der Waals surface area contributed by atoms with E-state index in [1.807, 2.05) is 0 Å². The zero-order valence-electron chi connectivity index (χ0n) is 13.7. The molecule has 4 amide bonds. The highest BCUT2D eigenvalue weighted by molar-refractivity contribution is 6.07. The molecule has 2 saturated heterocycles. The van der Waals surface area contributed by atoms with Crippen LogP contribution in [0.25, 0.3) is 0 Å². The minimum atomic E-state index is -0.685. The van der Waals surface area contributed by atoms with Gasteiger partial charge in [-0.15, -0.1) is 0 Å². The average Bonchev–Trinajstić information content (AvgIpc) is 3.07. The molecule has 128 valence electrons. The van der Waals surface area contributed by atoms with Gasteiger partial charge in [0.05, 0.1) is 0 Å². The molecule has 0 aromatic rings. The molecular weight excluding hydrogens is 296 g/mol. The van der Waals surface area contributed by atoms with Crippen molar-refractivity contribution in [1.82, 2.24) is 20.9 Å². The Kier molecular flexibility index (Phi) is 4.57. The van der Waals surface area contributed by atoms with Gasteiger partial charge in [0.1, 0.15) is 5.54 Å². The van der Waals surface area contributed by atoms with Crippen LogP contribution in [0.2, 0.25) is 0 Å². The summed E-state index contributed by atoms with van der Waals surface area (Å²) in [6.45, 7) is 4.05. The number of imide groups is 1. The Balaban J connectivity index is 1.50. The maximum atomic E-state index is 12.5. The summed E-state index contributed by atoms with van der Waals surface area (Å²) in [7, 11) is 0. The van der Waals surface area contributed by atoms with Gasteiger partial charge in [-0.25, -0.2) is 4.79 Å². The maximum absolute atomic E-state index is 12.5. The largest absolute Gasteiger partial charge is 0.352 e. The number of amides is 4. The van der Waals surface area contributed by atoms with Crippen molar-refractivity contribution in [2.75, 3.05) is 19.6 Å². The lowest BCUT2D eigenvalue weighted by molar-refractivity contribution is -0.131. The van der Waals surface area contributed by atoms with E-state index in [4.69, 9.17) is 0 Å². The van der Waals surface area contributed by atoms with Crippen LogP contribution in [0.15, 0.2) is 0 Å². The molecule has 2 heterocycles. The third kappa shape index (κ3) is 3.20. The van der Waals surface area contributed by atoms with E-state index >= 15 is 0 Å². The monoisotopic (exact) mass is 322 g/mol. The number of carbonyl (C=O) groups excluding carboxylic acids is 3. The smallest absolute Gasteiger partial charge is 0.325 e. The molecule has 2 aliphatic heterocycles. The van der Waals surface area contributed by atoms with E-state index in [1.165, 1.54) is 4.90 Å². The number of carbonyl (C=O) groups is 3. The van der Waals surface area contributed by atoms with Gasteiger partial charge in [-0.05, 0) is 31.7 Å². The molecule has 2 unspecified atom stereocenters. The van der Waals surface area contributed by atoms with E-state index < -0.39 is 5.54 Å². The van der Waals surface area contributed by atoms with E-state index in [9.17, 15) is 14.4 Å². The minimum absolute atomic E-state index is 0.0986. The molecule has 3 aliphatic rings. The summed E-state index contributed by atoms with van der Waals surface area (Å²) in [5.41, 5.74) is -0.685. The Morgan fingerprint density at radius 3 is 2.78 bits per heavy atom. The lowest BCUT2D eigenvalue weighted by Crippen LogP contribution is -2.50. The van der Waals surface area contributed by atoms with E-state index in [2.05, 4.69) is 22.9 Å². The lowest BCUT2D eigenvalue weighted by Gasteiger charge is -2.30. The first-order valence-electron chi connectivity index (χ1n) is 8.66. The molecule has 1 aliphatic carbocycles. The number of hydrogen-bond donors (Lipinski definition) is 3. The summed E-state index contributed by atoms with van der Waals surface area (Å²) in [5.74, 6) is 0.192. The Bertz CT molecular complexity index is 502. The summed E-state index contributed by atoms with van der Waals surface area (Å²) in [6.07, 6.45) is 4.57. The van der Waals surface area contributed by atoms with Crippen LogP contribution in [-0.4, -0.2) is 54.0 Å². The van der Waals surface area contributed by atoms with E-state index in [0.717, 1.165) is 32.4 Å². The van der Waals surface area contributed by atoms with Crippen molar-refractivity contribution >= 4 is 17.8 Å². The van der Waals surface area contributed by atoms with Gasteiger partial charge in [-0.3, -0.25) is 14.5 Å². The van der Waals surface area contributed by atoms with Crippen molar-refractivity contribution in [3.63, 3.8) is 0 Å². The molecule has 1 spiro atoms. The van der Waals surface area contributed by atoms with Gasteiger partial charge in [-0.2, -0.15) is 0 Å². The molecule has 3 N–H and O–H groups in total. The topological polar surface area (TPSA) is 90.5 Å². The Morgan fingerprint density at radius 2 is 2.09 bits per heavy atom. The molecule has 2 atom stereocenters. The van der Waals surface area contributed by atoms with Gasteiger partial charge in [0.2, 0.25) is 5.91 Å². The molecule has 0 aromatic heterocycles. The summed E-state index contributed by atoms with van der Waals surface area (Å²) in [6, 6.07) is -0.224. The van der Waals surface area contributed by atoms with Crippen molar-refractivity contribution in [2.24, 2.45) is 5.92 Å². The van der Waals surface area contributed by atoms with Gasteiger partial charge >= 0.3 is 6.03 Å². The third-order valence-electron chi connectivity index (χ3n) is 5.44. The molecule has 3 fully saturated rings. The minimum Gasteiger partial charge on any atom is -0.352 e. The fourth-order valence-electron chi connectivity index (χ4n) is 3.87. The number of piperidine rings is 1. The summed E-state index contributed by atoms with van der Waals surface area (Å²) >= 11 is 0. The Morgan fingerprint density at radius 1 is 1.35 bits per heavy atom. The number of rotatable bonds is 4. The van der Waals surface area contributed by atoms with Crippen LogP contribution in [0.4, 0.5) is 4.79 Å². The van der Waals surface area contributed by atoms with Crippen LogP contribution >= 0.6 is 0 Å². The summed E-state index contributed by atoms with van der Waals surface area (Å²) in [5, 5.41) is 9.12. The van der Waals surface area contributed by atoms with E-state index in [0.29, 0.717) is 18.8 Å². The highest BCUT2D eigenvalue weighted by Gasteiger charge is 2.52. The predicted octanol–water partition coefficient (Wildman–Crippen LogP) is 0.355. The van der Waals surface area contributed by atoms with Crippen molar-refractivity contribution in [1.29, 1.82) is 0 Å². The fraction of sp³-hybridized carbons (Fsp3) is 0.812. The molecule has 7 heteroatoms. The highest BCUT2D eigenvalue weighted by Crippen LogP contribution is 2.34. The number of hydrogen-bond acceptors (Lipinski definition) is 4.